The Balaban J connectivity index is 1.93. The van der Waals surface area contributed by atoms with Crippen LogP contribution in [0.4, 0.5) is 0 Å². The van der Waals surface area contributed by atoms with Crippen LogP contribution in [0.5, 0.6) is 0 Å². The molecule has 0 saturated carbocycles. The second kappa shape index (κ2) is 2.86. The topological polar surface area (TPSA) is 30.5 Å². The van der Waals surface area contributed by atoms with Crippen LogP contribution in [-0.4, -0.2) is 38.5 Å². The summed E-state index contributed by atoms with van der Waals surface area (Å²) in [7, 11) is 0. The Hall–Kier alpha value is -0.120. The fourth-order valence-corrected chi connectivity index (χ4v) is 1.56. The molecule has 3 heteroatoms. The fourth-order valence-electron chi connectivity index (χ4n) is 1.56. The Morgan fingerprint density at radius 1 is 1.30 bits per heavy atom. The molecule has 0 aromatic heterocycles. The maximum absolute atomic E-state index is 5.49. The largest absolute Gasteiger partial charge is 0.379 e. The molecule has 2 aliphatic rings. The highest BCUT2D eigenvalue weighted by Gasteiger charge is 2.28. The van der Waals surface area contributed by atoms with E-state index >= 15 is 0 Å². The summed E-state index contributed by atoms with van der Waals surface area (Å²) in [5.41, 5.74) is 0. The Kier molecular flexibility index (Phi) is 1.88. The number of hydrogen-bond donors (Lipinski definition) is 1. The second-order valence-corrected chi connectivity index (χ2v) is 2.83. The summed E-state index contributed by atoms with van der Waals surface area (Å²) in [6.45, 7) is 3.50. The zero-order chi connectivity index (χ0) is 6.81. The normalized spacial score (nSPS) is 40.8. The molecule has 0 bridgehead atoms. The maximum atomic E-state index is 5.49. The van der Waals surface area contributed by atoms with Crippen molar-refractivity contribution in [3.05, 3.63) is 0 Å². The third-order valence-corrected chi connectivity index (χ3v) is 2.14. The van der Waals surface area contributed by atoms with Gasteiger partial charge >= 0.3 is 0 Å². The molecule has 2 heterocycles. The number of fused-ring (bicyclic) bond motifs is 1. The van der Waals surface area contributed by atoms with Crippen molar-refractivity contribution >= 4 is 0 Å². The smallest absolute Gasteiger partial charge is 0.0962 e. The first-order chi connectivity index (χ1) is 4.97. The van der Waals surface area contributed by atoms with Crippen molar-refractivity contribution in [3.8, 4) is 0 Å². The lowest BCUT2D eigenvalue weighted by atomic mass is 10.1. The molecule has 10 heavy (non-hydrogen) atoms. The minimum absolute atomic E-state index is 0.322. The zero-order valence-electron chi connectivity index (χ0n) is 6.01. The van der Waals surface area contributed by atoms with E-state index in [1.54, 1.807) is 0 Å². The van der Waals surface area contributed by atoms with Crippen molar-refractivity contribution in [2.75, 3.05) is 26.4 Å². The van der Waals surface area contributed by atoms with Crippen LogP contribution in [0.2, 0.25) is 0 Å². The van der Waals surface area contributed by atoms with E-state index in [1.165, 1.54) is 0 Å². The van der Waals surface area contributed by atoms with E-state index in [9.17, 15) is 0 Å². The van der Waals surface area contributed by atoms with Gasteiger partial charge in [0.25, 0.3) is 0 Å². The first-order valence-corrected chi connectivity index (χ1v) is 3.89. The lowest BCUT2D eigenvalue weighted by Gasteiger charge is -2.35. The van der Waals surface area contributed by atoms with Gasteiger partial charge in [-0.05, 0) is 6.42 Å². The van der Waals surface area contributed by atoms with Gasteiger partial charge in [-0.15, -0.1) is 0 Å². The van der Waals surface area contributed by atoms with Crippen LogP contribution >= 0.6 is 0 Å². The molecule has 0 unspecified atom stereocenters. The summed E-state index contributed by atoms with van der Waals surface area (Å²) in [4.78, 5) is 0. The Morgan fingerprint density at radius 2 is 2.30 bits per heavy atom. The van der Waals surface area contributed by atoms with Gasteiger partial charge in [0.05, 0.1) is 19.3 Å². The first-order valence-electron chi connectivity index (χ1n) is 3.89. The van der Waals surface area contributed by atoms with Crippen molar-refractivity contribution in [2.45, 2.75) is 18.6 Å². The van der Waals surface area contributed by atoms with E-state index in [2.05, 4.69) is 5.32 Å². The van der Waals surface area contributed by atoms with E-state index < -0.39 is 0 Å². The summed E-state index contributed by atoms with van der Waals surface area (Å²) >= 11 is 0. The van der Waals surface area contributed by atoms with Crippen LogP contribution in [0.15, 0.2) is 0 Å². The van der Waals surface area contributed by atoms with Crippen LogP contribution in [0.1, 0.15) is 6.42 Å². The highest BCUT2D eigenvalue weighted by molar-refractivity contribution is 4.83. The van der Waals surface area contributed by atoms with E-state index in [0.717, 1.165) is 32.8 Å². The average Bonchev–Trinajstić information content (AvgIpc) is 2.05. The number of rotatable bonds is 0. The van der Waals surface area contributed by atoms with E-state index in [1.807, 2.05) is 0 Å². The Morgan fingerprint density at radius 3 is 3.20 bits per heavy atom. The molecular weight excluding hydrogens is 130 g/mol. The molecule has 2 aliphatic heterocycles. The van der Waals surface area contributed by atoms with Gasteiger partial charge in [0.1, 0.15) is 0 Å². The van der Waals surface area contributed by atoms with Crippen LogP contribution in [0, 0.1) is 0 Å². The minimum Gasteiger partial charge on any atom is -0.379 e. The molecule has 0 aromatic rings. The molecule has 2 fully saturated rings. The zero-order valence-corrected chi connectivity index (χ0v) is 6.01. The average molecular weight is 143 g/mol. The monoisotopic (exact) mass is 143 g/mol. The molecular formula is C7H13NO2. The molecule has 0 aromatic carbocycles. The molecule has 3 nitrogen and oxygen atoms in total. The third kappa shape index (κ3) is 1.17. The number of nitrogens with one attached hydrogen (secondary N) is 1. The maximum Gasteiger partial charge on any atom is 0.0962 e. The standard InChI is InChI=1S/C7H13NO2/c1-3-9-5-7-6(1)8-2-4-10-7/h6-8H,1-5H2/t6-,7+/m0/s1. The SMILES string of the molecule is C1CO[C@@H]2COCC[C@@H]2N1. The Bertz CT molecular complexity index is 92.2. The van der Waals surface area contributed by atoms with Crippen molar-refractivity contribution in [1.82, 2.24) is 5.32 Å². The van der Waals surface area contributed by atoms with E-state index in [0.29, 0.717) is 12.1 Å². The molecule has 1 N–H and O–H groups in total. The predicted octanol–water partition coefficient (Wildman–Crippen LogP) is -0.236. The van der Waals surface area contributed by atoms with Gasteiger partial charge in [-0.3, -0.25) is 0 Å². The van der Waals surface area contributed by atoms with Crippen LogP contribution in [0.25, 0.3) is 0 Å². The fraction of sp³-hybridized carbons (Fsp3) is 1.00. The van der Waals surface area contributed by atoms with Gasteiger partial charge in [-0.1, -0.05) is 0 Å². The lowest BCUT2D eigenvalue weighted by molar-refractivity contribution is -0.0884. The van der Waals surface area contributed by atoms with Gasteiger partial charge in [-0.25, -0.2) is 0 Å². The summed E-state index contributed by atoms with van der Waals surface area (Å²) in [5.74, 6) is 0. The number of morpholine rings is 1. The third-order valence-electron chi connectivity index (χ3n) is 2.14. The van der Waals surface area contributed by atoms with Crippen LogP contribution < -0.4 is 5.32 Å². The van der Waals surface area contributed by atoms with Gasteiger partial charge in [-0.2, -0.15) is 0 Å². The molecule has 0 aliphatic carbocycles. The molecule has 2 atom stereocenters. The van der Waals surface area contributed by atoms with Gasteiger partial charge in [0.2, 0.25) is 0 Å². The summed E-state index contributed by atoms with van der Waals surface area (Å²) < 4.78 is 10.8. The summed E-state index contributed by atoms with van der Waals surface area (Å²) in [5, 5.41) is 3.42. The quantitative estimate of drug-likeness (QED) is 0.508. The van der Waals surface area contributed by atoms with Crippen molar-refractivity contribution in [3.63, 3.8) is 0 Å². The molecule has 0 radical (unpaired) electrons. The molecule has 0 spiro atoms. The summed E-state index contributed by atoms with van der Waals surface area (Å²) in [6, 6.07) is 0.558. The van der Waals surface area contributed by atoms with Crippen molar-refractivity contribution < 1.29 is 9.47 Å². The van der Waals surface area contributed by atoms with Crippen LogP contribution in [-0.2, 0) is 9.47 Å². The lowest BCUT2D eigenvalue weighted by Crippen LogP contribution is -2.53. The minimum atomic E-state index is 0.322. The van der Waals surface area contributed by atoms with E-state index in [-0.39, 0.29) is 0 Å². The van der Waals surface area contributed by atoms with Gasteiger partial charge in [0, 0.05) is 19.2 Å². The molecule has 2 rings (SSSR count). The van der Waals surface area contributed by atoms with Gasteiger partial charge < -0.3 is 14.8 Å². The summed E-state index contributed by atoms with van der Waals surface area (Å²) in [6.07, 6.45) is 1.42. The predicted molar refractivity (Wildman–Crippen MR) is 37.0 cm³/mol. The Labute approximate surface area is 60.7 Å². The number of hydrogen-bond acceptors (Lipinski definition) is 3. The van der Waals surface area contributed by atoms with Crippen molar-refractivity contribution in [2.24, 2.45) is 0 Å². The van der Waals surface area contributed by atoms with Crippen molar-refractivity contribution in [1.29, 1.82) is 0 Å². The number of ether oxygens (including phenoxy) is 2. The van der Waals surface area contributed by atoms with E-state index in [4.69, 9.17) is 9.47 Å². The molecule has 58 valence electrons. The van der Waals surface area contributed by atoms with Crippen LogP contribution in [0.3, 0.4) is 0 Å². The second-order valence-electron chi connectivity index (χ2n) is 2.83. The highest BCUT2D eigenvalue weighted by atomic mass is 16.5. The molecule has 0 amide bonds. The first kappa shape index (κ1) is 6.58. The molecule has 2 saturated heterocycles. The highest BCUT2D eigenvalue weighted by Crippen LogP contribution is 2.13. The van der Waals surface area contributed by atoms with Gasteiger partial charge in [0.15, 0.2) is 0 Å².